The zero-order valence-corrected chi connectivity index (χ0v) is 14.1. The lowest BCUT2D eigenvalue weighted by Crippen LogP contribution is -2.33. The monoisotopic (exact) mass is 344 g/mol. The molecule has 2 rings (SSSR count). The summed E-state index contributed by atoms with van der Waals surface area (Å²) >= 11 is 1.49. The number of amides is 1. The van der Waals surface area contributed by atoms with Gasteiger partial charge in [-0.2, -0.15) is 10.4 Å². The number of aromatic nitrogens is 1. The number of pyridine rings is 1. The van der Waals surface area contributed by atoms with Crippen molar-refractivity contribution in [2.24, 2.45) is 5.10 Å². The molecule has 8 heteroatoms. The van der Waals surface area contributed by atoms with Crippen LogP contribution in [0.2, 0.25) is 0 Å². The molecule has 0 radical (unpaired) electrons. The number of hydrazone groups is 1. The highest BCUT2D eigenvalue weighted by Gasteiger charge is 2.14. The molecule has 0 saturated heterocycles. The molecule has 0 spiro atoms. The Hall–Kier alpha value is -2.76. The largest absolute Gasteiger partial charge is 0.380 e. The number of rotatable bonds is 6. The standard InChI is InChI=1S/C16H16N4O3S/c1-11-6-12(10-23-2)14(7-17)16(22)20(11)9-15(21)19-18-8-13-4-3-5-24-13/h3-6,8H,9-10H2,1-2H3,(H,19,21)/b18-8+. The van der Waals surface area contributed by atoms with Crippen LogP contribution in [0.25, 0.3) is 0 Å². The molecule has 0 atom stereocenters. The average molecular weight is 344 g/mol. The van der Waals surface area contributed by atoms with Crippen LogP contribution < -0.4 is 11.0 Å². The van der Waals surface area contributed by atoms with E-state index >= 15 is 0 Å². The fourth-order valence-corrected chi connectivity index (χ4v) is 2.72. The van der Waals surface area contributed by atoms with Crippen LogP contribution in [-0.4, -0.2) is 23.8 Å². The average Bonchev–Trinajstić information content (AvgIpc) is 3.05. The van der Waals surface area contributed by atoms with Crippen LogP contribution in [-0.2, 0) is 22.7 Å². The van der Waals surface area contributed by atoms with E-state index in [2.05, 4.69) is 10.5 Å². The van der Waals surface area contributed by atoms with Gasteiger partial charge in [-0.25, -0.2) is 5.43 Å². The summed E-state index contributed by atoms with van der Waals surface area (Å²) in [5, 5.41) is 14.9. The summed E-state index contributed by atoms with van der Waals surface area (Å²) in [6, 6.07) is 7.29. The van der Waals surface area contributed by atoms with E-state index < -0.39 is 11.5 Å². The van der Waals surface area contributed by atoms with Crippen molar-refractivity contribution >= 4 is 23.5 Å². The maximum absolute atomic E-state index is 12.4. The molecule has 0 aliphatic rings. The van der Waals surface area contributed by atoms with E-state index in [0.717, 1.165) is 4.88 Å². The molecule has 0 fully saturated rings. The third kappa shape index (κ3) is 4.16. The van der Waals surface area contributed by atoms with Gasteiger partial charge in [0.1, 0.15) is 18.2 Å². The minimum Gasteiger partial charge on any atom is -0.380 e. The van der Waals surface area contributed by atoms with Crippen LogP contribution in [0.5, 0.6) is 0 Å². The molecule has 24 heavy (non-hydrogen) atoms. The minimum atomic E-state index is -0.512. The van der Waals surface area contributed by atoms with Gasteiger partial charge in [-0.15, -0.1) is 11.3 Å². The van der Waals surface area contributed by atoms with Crippen LogP contribution in [0.15, 0.2) is 33.5 Å². The van der Waals surface area contributed by atoms with Gasteiger partial charge in [0, 0.05) is 23.2 Å². The first-order valence-electron chi connectivity index (χ1n) is 7.04. The molecule has 0 unspecified atom stereocenters. The molecule has 0 saturated carbocycles. The molecule has 2 aromatic rings. The predicted octanol–water partition coefficient (Wildman–Crippen LogP) is 1.39. The number of thiophene rings is 1. The normalized spacial score (nSPS) is 10.7. The molecule has 0 aliphatic heterocycles. The maximum atomic E-state index is 12.4. The SMILES string of the molecule is COCc1cc(C)n(CC(=O)N/N=C/c2cccs2)c(=O)c1C#N. The highest BCUT2D eigenvalue weighted by molar-refractivity contribution is 7.11. The Labute approximate surface area is 142 Å². The van der Waals surface area contributed by atoms with Gasteiger partial charge in [0.15, 0.2) is 0 Å². The van der Waals surface area contributed by atoms with Crippen molar-refractivity contribution in [2.75, 3.05) is 7.11 Å². The van der Waals surface area contributed by atoms with Crippen LogP contribution in [0.1, 0.15) is 21.7 Å². The number of hydrogen-bond donors (Lipinski definition) is 1. The molecule has 7 nitrogen and oxygen atoms in total. The number of carbonyl (C=O) groups excluding carboxylic acids is 1. The number of nitrogens with one attached hydrogen (secondary N) is 1. The Bertz CT molecular complexity index is 847. The van der Waals surface area contributed by atoms with Crippen LogP contribution >= 0.6 is 11.3 Å². The Kier molecular flexibility index (Phi) is 6.01. The zero-order chi connectivity index (χ0) is 17.5. The second-order valence-electron chi connectivity index (χ2n) is 4.93. The first-order valence-corrected chi connectivity index (χ1v) is 7.92. The lowest BCUT2D eigenvalue weighted by Gasteiger charge is -2.12. The lowest BCUT2D eigenvalue weighted by atomic mass is 10.1. The summed E-state index contributed by atoms with van der Waals surface area (Å²) < 4.78 is 6.24. The van der Waals surface area contributed by atoms with Crippen molar-refractivity contribution in [2.45, 2.75) is 20.1 Å². The smallest absolute Gasteiger partial charge is 0.269 e. The van der Waals surface area contributed by atoms with E-state index in [0.29, 0.717) is 11.3 Å². The Morgan fingerprint density at radius 2 is 2.38 bits per heavy atom. The molecule has 124 valence electrons. The van der Waals surface area contributed by atoms with Gasteiger partial charge in [0.2, 0.25) is 0 Å². The van der Waals surface area contributed by atoms with Crippen LogP contribution in [0.4, 0.5) is 0 Å². The van der Waals surface area contributed by atoms with Gasteiger partial charge in [0.25, 0.3) is 11.5 Å². The van der Waals surface area contributed by atoms with E-state index in [1.54, 1.807) is 13.0 Å². The van der Waals surface area contributed by atoms with Gasteiger partial charge >= 0.3 is 0 Å². The second kappa shape index (κ2) is 8.19. The number of carbonyl (C=O) groups is 1. The van der Waals surface area contributed by atoms with E-state index in [-0.39, 0.29) is 18.7 Å². The van der Waals surface area contributed by atoms with Gasteiger partial charge in [-0.1, -0.05) is 6.07 Å². The first-order chi connectivity index (χ1) is 11.6. The van der Waals surface area contributed by atoms with Gasteiger partial charge in [-0.3, -0.25) is 9.59 Å². The molecular weight excluding hydrogens is 328 g/mol. The van der Waals surface area contributed by atoms with Gasteiger partial charge in [-0.05, 0) is 24.4 Å². The molecular formula is C16H16N4O3S. The number of aryl methyl sites for hydroxylation is 1. The number of nitrogens with zero attached hydrogens (tertiary/aromatic N) is 3. The molecule has 0 aliphatic carbocycles. The number of ether oxygens (including phenoxy) is 1. The fraction of sp³-hybridized carbons (Fsp3) is 0.250. The summed E-state index contributed by atoms with van der Waals surface area (Å²) in [6.07, 6.45) is 1.53. The summed E-state index contributed by atoms with van der Waals surface area (Å²) in [5.74, 6) is -0.448. The van der Waals surface area contributed by atoms with Crippen molar-refractivity contribution in [3.63, 3.8) is 0 Å². The highest BCUT2D eigenvalue weighted by atomic mass is 32.1. The van der Waals surface area contributed by atoms with Gasteiger partial charge < -0.3 is 9.30 Å². The third-order valence-electron chi connectivity index (χ3n) is 3.23. The Morgan fingerprint density at radius 1 is 1.58 bits per heavy atom. The molecule has 2 aromatic heterocycles. The number of methoxy groups -OCH3 is 1. The van der Waals surface area contributed by atoms with Crippen molar-refractivity contribution in [3.8, 4) is 6.07 Å². The molecule has 0 bridgehead atoms. The van der Waals surface area contributed by atoms with E-state index in [1.165, 1.54) is 29.2 Å². The van der Waals surface area contributed by atoms with E-state index in [4.69, 9.17) is 4.74 Å². The van der Waals surface area contributed by atoms with Crippen molar-refractivity contribution < 1.29 is 9.53 Å². The molecule has 1 N–H and O–H groups in total. The summed E-state index contributed by atoms with van der Waals surface area (Å²) in [5.41, 5.74) is 2.92. The quantitative estimate of drug-likeness (QED) is 0.632. The summed E-state index contributed by atoms with van der Waals surface area (Å²) in [6.45, 7) is 1.65. The van der Waals surface area contributed by atoms with E-state index in [9.17, 15) is 14.9 Å². The summed E-state index contributed by atoms with van der Waals surface area (Å²) in [7, 11) is 1.49. The molecule has 1 amide bonds. The highest BCUT2D eigenvalue weighted by Crippen LogP contribution is 2.08. The van der Waals surface area contributed by atoms with Gasteiger partial charge in [0.05, 0.1) is 12.8 Å². The van der Waals surface area contributed by atoms with Crippen LogP contribution in [0.3, 0.4) is 0 Å². The van der Waals surface area contributed by atoms with Crippen molar-refractivity contribution in [1.29, 1.82) is 5.26 Å². The van der Waals surface area contributed by atoms with Crippen molar-refractivity contribution in [1.82, 2.24) is 9.99 Å². The minimum absolute atomic E-state index is 0.0164. The van der Waals surface area contributed by atoms with Crippen molar-refractivity contribution in [3.05, 3.63) is 55.6 Å². The van der Waals surface area contributed by atoms with Crippen LogP contribution in [0, 0.1) is 18.3 Å². The number of nitriles is 1. The lowest BCUT2D eigenvalue weighted by molar-refractivity contribution is -0.121. The number of hydrogen-bond acceptors (Lipinski definition) is 6. The zero-order valence-electron chi connectivity index (χ0n) is 13.3. The third-order valence-corrected chi connectivity index (χ3v) is 4.03. The Balaban J connectivity index is 2.16. The second-order valence-corrected chi connectivity index (χ2v) is 5.91. The maximum Gasteiger partial charge on any atom is 0.269 e. The summed E-state index contributed by atoms with van der Waals surface area (Å²) in [4.78, 5) is 25.2. The fourth-order valence-electron chi connectivity index (χ4n) is 2.13. The molecule has 0 aromatic carbocycles. The molecule has 2 heterocycles. The topological polar surface area (TPSA) is 96.5 Å². The van der Waals surface area contributed by atoms with E-state index in [1.807, 2.05) is 23.6 Å². The predicted molar refractivity (Wildman–Crippen MR) is 90.9 cm³/mol. The Morgan fingerprint density at radius 3 is 3.00 bits per heavy atom. The first kappa shape index (κ1) is 17.6.